The van der Waals surface area contributed by atoms with Gasteiger partial charge in [0.2, 0.25) is 5.91 Å². The standard InChI is InChI=1S/C18H24N2OS/c1-13(2)20(12-16-10-8-14(3)22-16)18(21)11-9-15-6-4-5-7-17(15)19/h4-8,10,13H,9,11-12,19H2,1-3H3. The van der Waals surface area contributed by atoms with Gasteiger partial charge in [-0.05, 0) is 51.0 Å². The summed E-state index contributed by atoms with van der Waals surface area (Å²) in [5.41, 5.74) is 7.76. The van der Waals surface area contributed by atoms with Gasteiger partial charge in [0.25, 0.3) is 0 Å². The Labute approximate surface area is 136 Å². The third-order valence-corrected chi connectivity index (χ3v) is 4.71. The first-order valence-electron chi connectivity index (χ1n) is 7.65. The average Bonchev–Trinajstić information content (AvgIpc) is 2.88. The van der Waals surface area contributed by atoms with Gasteiger partial charge < -0.3 is 10.6 Å². The number of carbonyl (C=O) groups excluding carboxylic acids is 1. The predicted molar refractivity (Wildman–Crippen MR) is 93.9 cm³/mol. The molecule has 0 spiro atoms. The first-order valence-corrected chi connectivity index (χ1v) is 8.47. The fourth-order valence-electron chi connectivity index (χ4n) is 2.44. The number of hydrogen-bond acceptors (Lipinski definition) is 3. The number of para-hydroxylation sites is 1. The molecule has 2 rings (SSSR count). The van der Waals surface area contributed by atoms with Gasteiger partial charge in [0.15, 0.2) is 0 Å². The fraction of sp³-hybridized carbons (Fsp3) is 0.389. The van der Waals surface area contributed by atoms with Gasteiger partial charge in [-0.15, -0.1) is 11.3 Å². The highest BCUT2D eigenvalue weighted by molar-refractivity contribution is 7.11. The van der Waals surface area contributed by atoms with E-state index in [2.05, 4.69) is 32.9 Å². The van der Waals surface area contributed by atoms with Crippen LogP contribution in [0.4, 0.5) is 5.69 Å². The van der Waals surface area contributed by atoms with Crippen molar-refractivity contribution < 1.29 is 4.79 Å². The maximum atomic E-state index is 12.6. The van der Waals surface area contributed by atoms with Crippen LogP contribution in [0.2, 0.25) is 0 Å². The number of nitrogen functional groups attached to an aromatic ring is 1. The van der Waals surface area contributed by atoms with E-state index >= 15 is 0 Å². The topological polar surface area (TPSA) is 46.3 Å². The molecule has 0 aliphatic heterocycles. The lowest BCUT2D eigenvalue weighted by Crippen LogP contribution is -2.36. The number of rotatable bonds is 6. The zero-order chi connectivity index (χ0) is 16.1. The minimum atomic E-state index is 0.185. The summed E-state index contributed by atoms with van der Waals surface area (Å²) in [7, 11) is 0. The van der Waals surface area contributed by atoms with Crippen LogP contribution in [0.1, 0.15) is 35.6 Å². The number of thiophene rings is 1. The normalized spacial score (nSPS) is 10.9. The second-order valence-corrected chi connectivity index (χ2v) is 7.20. The van der Waals surface area contributed by atoms with Crippen LogP contribution in [-0.4, -0.2) is 16.8 Å². The minimum absolute atomic E-state index is 0.185. The molecular formula is C18H24N2OS. The van der Waals surface area contributed by atoms with E-state index in [-0.39, 0.29) is 11.9 Å². The van der Waals surface area contributed by atoms with Crippen molar-refractivity contribution in [3.05, 3.63) is 51.7 Å². The highest BCUT2D eigenvalue weighted by atomic mass is 32.1. The van der Waals surface area contributed by atoms with E-state index < -0.39 is 0 Å². The summed E-state index contributed by atoms with van der Waals surface area (Å²) in [5, 5.41) is 0. The molecule has 2 aromatic rings. The molecule has 3 nitrogen and oxygen atoms in total. The largest absolute Gasteiger partial charge is 0.399 e. The molecule has 0 saturated heterocycles. The van der Waals surface area contributed by atoms with Crippen LogP contribution < -0.4 is 5.73 Å². The van der Waals surface area contributed by atoms with E-state index in [1.54, 1.807) is 11.3 Å². The van der Waals surface area contributed by atoms with Gasteiger partial charge in [-0.2, -0.15) is 0 Å². The Morgan fingerprint density at radius 1 is 1.23 bits per heavy atom. The smallest absolute Gasteiger partial charge is 0.223 e. The Hall–Kier alpha value is -1.81. The highest BCUT2D eigenvalue weighted by Gasteiger charge is 2.18. The van der Waals surface area contributed by atoms with E-state index in [1.165, 1.54) is 9.75 Å². The monoisotopic (exact) mass is 316 g/mol. The quantitative estimate of drug-likeness (QED) is 0.819. The Balaban J connectivity index is 1.99. The summed E-state index contributed by atoms with van der Waals surface area (Å²) in [6.07, 6.45) is 1.19. The predicted octanol–water partition coefficient (Wildman–Crippen LogP) is 4.01. The van der Waals surface area contributed by atoms with Gasteiger partial charge in [-0.3, -0.25) is 4.79 Å². The van der Waals surface area contributed by atoms with Crippen LogP contribution in [-0.2, 0) is 17.8 Å². The van der Waals surface area contributed by atoms with Gasteiger partial charge in [-0.1, -0.05) is 18.2 Å². The summed E-state index contributed by atoms with van der Waals surface area (Å²) in [5.74, 6) is 0.185. The molecule has 0 aliphatic rings. The Bertz CT molecular complexity index is 634. The molecule has 0 saturated carbocycles. The van der Waals surface area contributed by atoms with Crippen molar-refractivity contribution in [2.75, 3.05) is 5.73 Å². The number of carbonyl (C=O) groups is 1. The highest BCUT2D eigenvalue weighted by Crippen LogP contribution is 2.20. The van der Waals surface area contributed by atoms with Gasteiger partial charge in [0.05, 0.1) is 6.54 Å². The summed E-state index contributed by atoms with van der Waals surface area (Å²) < 4.78 is 0. The molecule has 22 heavy (non-hydrogen) atoms. The molecule has 0 radical (unpaired) electrons. The molecule has 0 bridgehead atoms. The molecule has 1 heterocycles. The average molecular weight is 316 g/mol. The Morgan fingerprint density at radius 3 is 2.55 bits per heavy atom. The van der Waals surface area contributed by atoms with E-state index in [0.717, 1.165) is 11.3 Å². The van der Waals surface area contributed by atoms with Crippen LogP contribution in [0.5, 0.6) is 0 Å². The van der Waals surface area contributed by atoms with Crippen molar-refractivity contribution in [1.29, 1.82) is 0 Å². The van der Waals surface area contributed by atoms with Gasteiger partial charge in [0.1, 0.15) is 0 Å². The zero-order valence-corrected chi connectivity index (χ0v) is 14.3. The molecule has 1 aromatic heterocycles. The zero-order valence-electron chi connectivity index (χ0n) is 13.5. The molecule has 2 N–H and O–H groups in total. The SMILES string of the molecule is Cc1ccc(CN(C(=O)CCc2ccccc2N)C(C)C)s1. The van der Waals surface area contributed by atoms with Crippen molar-refractivity contribution in [1.82, 2.24) is 4.90 Å². The van der Waals surface area contributed by atoms with Crippen LogP contribution in [0.3, 0.4) is 0 Å². The minimum Gasteiger partial charge on any atom is -0.399 e. The first kappa shape index (κ1) is 16.6. The Kier molecular flexibility index (Phi) is 5.61. The van der Waals surface area contributed by atoms with Crippen molar-refractivity contribution in [2.45, 2.75) is 46.2 Å². The molecule has 118 valence electrons. The van der Waals surface area contributed by atoms with E-state index in [0.29, 0.717) is 19.4 Å². The molecule has 0 unspecified atom stereocenters. The van der Waals surface area contributed by atoms with Crippen LogP contribution in [0, 0.1) is 6.92 Å². The maximum Gasteiger partial charge on any atom is 0.223 e. The van der Waals surface area contributed by atoms with E-state index in [1.807, 2.05) is 29.2 Å². The molecule has 4 heteroatoms. The second-order valence-electron chi connectivity index (χ2n) is 5.83. The molecule has 1 aromatic carbocycles. The number of benzene rings is 1. The fourth-order valence-corrected chi connectivity index (χ4v) is 3.33. The number of nitrogens with two attached hydrogens (primary N) is 1. The van der Waals surface area contributed by atoms with E-state index in [4.69, 9.17) is 5.73 Å². The number of aryl methyl sites for hydroxylation is 2. The van der Waals surface area contributed by atoms with Crippen LogP contribution >= 0.6 is 11.3 Å². The Morgan fingerprint density at radius 2 is 1.95 bits per heavy atom. The molecular weight excluding hydrogens is 292 g/mol. The lowest BCUT2D eigenvalue weighted by Gasteiger charge is -2.26. The summed E-state index contributed by atoms with van der Waals surface area (Å²) in [6, 6.07) is 12.2. The number of amides is 1. The summed E-state index contributed by atoms with van der Waals surface area (Å²) in [4.78, 5) is 17.0. The lowest BCUT2D eigenvalue weighted by molar-refractivity contribution is -0.133. The van der Waals surface area contributed by atoms with Crippen molar-refractivity contribution in [2.24, 2.45) is 0 Å². The van der Waals surface area contributed by atoms with Crippen LogP contribution in [0.25, 0.3) is 0 Å². The van der Waals surface area contributed by atoms with Crippen molar-refractivity contribution >= 4 is 22.9 Å². The van der Waals surface area contributed by atoms with Crippen molar-refractivity contribution in [3.8, 4) is 0 Å². The van der Waals surface area contributed by atoms with Gasteiger partial charge >= 0.3 is 0 Å². The maximum absolute atomic E-state index is 12.6. The third-order valence-electron chi connectivity index (χ3n) is 3.73. The van der Waals surface area contributed by atoms with E-state index in [9.17, 15) is 4.79 Å². The molecule has 0 fully saturated rings. The molecule has 1 amide bonds. The van der Waals surface area contributed by atoms with Gasteiger partial charge in [0, 0.05) is 27.9 Å². The lowest BCUT2D eigenvalue weighted by atomic mass is 10.1. The number of hydrogen-bond donors (Lipinski definition) is 1. The number of anilines is 1. The van der Waals surface area contributed by atoms with Gasteiger partial charge in [-0.25, -0.2) is 0 Å². The first-order chi connectivity index (χ1) is 10.5. The number of nitrogens with zero attached hydrogens (tertiary/aromatic N) is 1. The van der Waals surface area contributed by atoms with Crippen molar-refractivity contribution in [3.63, 3.8) is 0 Å². The van der Waals surface area contributed by atoms with Crippen LogP contribution in [0.15, 0.2) is 36.4 Å². The summed E-state index contributed by atoms with van der Waals surface area (Å²) in [6.45, 7) is 6.91. The molecule has 0 atom stereocenters. The second kappa shape index (κ2) is 7.45. The molecule has 0 aliphatic carbocycles. The summed E-state index contributed by atoms with van der Waals surface area (Å²) >= 11 is 1.75. The third kappa shape index (κ3) is 4.34.